The second-order valence-corrected chi connectivity index (χ2v) is 3.79. The van der Waals surface area contributed by atoms with Gasteiger partial charge in [0.1, 0.15) is 0 Å². The van der Waals surface area contributed by atoms with Crippen molar-refractivity contribution in [3.8, 4) is 0 Å². The van der Waals surface area contributed by atoms with Crippen LogP contribution < -0.4 is 0 Å². The Morgan fingerprint density at radius 3 is 2.63 bits per heavy atom. The predicted octanol–water partition coefficient (Wildman–Crippen LogP) is 2.23. The topological polar surface area (TPSA) is 56.5 Å². The number of hydrogen-bond donors (Lipinski definition) is 0. The van der Waals surface area contributed by atoms with E-state index in [1.807, 2.05) is 0 Å². The molecule has 0 unspecified atom stereocenters. The van der Waals surface area contributed by atoms with E-state index in [1.165, 1.54) is 13.1 Å². The number of hydrogen-bond acceptors (Lipinski definition) is 4. The molecule has 0 aliphatic rings. The van der Waals surface area contributed by atoms with Crippen LogP contribution in [0.25, 0.3) is 5.65 Å². The summed E-state index contributed by atoms with van der Waals surface area (Å²) in [6.07, 6.45) is -2.57. The molecule has 2 aromatic heterocycles. The number of carbonyl (C=O) groups excluding carboxylic acids is 1. The van der Waals surface area contributed by atoms with Crippen molar-refractivity contribution in [2.24, 2.45) is 0 Å². The molecule has 8 heteroatoms. The SMILES string of the molecule is CCOC(=O)c1cn2cc(C(F)(F)F)nc(C)c2n1. The Labute approximate surface area is 106 Å². The molecule has 0 radical (unpaired) electrons. The molecule has 5 nitrogen and oxygen atoms in total. The number of rotatable bonds is 2. The lowest BCUT2D eigenvalue weighted by atomic mass is 10.4. The monoisotopic (exact) mass is 273 g/mol. The van der Waals surface area contributed by atoms with Crippen LogP contribution in [-0.4, -0.2) is 26.9 Å². The molecule has 0 spiro atoms. The van der Waals surface area contributed by atoms with E-state index in [0.29, 0.717) is 0 Å². The van der Waals surface area contributed by atoms with E-state index in [2.05, 4.69) is 9.97 Å². The van der Waals surface area contributed by atoms with Gasteiger partial charge in [-0.15, -0.1) is 0 Å². The third kappa shape index (κ3) is 2.51. The maximum atomic E-state index is 12.6. The summed E-state index contributed by atoms with van der Waals surface area (Å²) in [6, 6.07) is 0. The first-order chi connectivity index (χ1) is 8.82. The molecular formula is C11H10F3N3O2. The van der Waals surface area contributed by atoms with Gasteiger partial charge >= 0.3 is 12.1 Å². The molecular weight excluding hydrogens is 263 g/mol. The van der Waals surface area contributed by atoms with Gasteiger partial charge in [0.25, 0.3) is 0 Å². The highest BCUT2D eigenvalue weighted by atomic mass is 19.4. The van der Waals surface area contributed by atoms with Crippen LogP contribution in [0.1, 0.15) is 28.8 Å². The Kier molecular flexibility index (Phi) is 3.17. The highest BCUT2D eigenvalue weighted by molar-refractivity contribution is 5.88. The summed E-state index contributed by atoms with van der Waals surface area (Å²) in [5, 5.41) is 0. The molecule has 0 fully saturated rings. The minimum Gasteiger partial charge on any atom is -0.461 e. The zero-order valence-electron chi connectivity index (χ0n) is 10.2. The zero-order chi connectivity index (χ0) is 14.2. The van der Waals surface area contributed by atoms with E-state index in [1.54, 1.807) is 6.92 Å². The molecule has 2 aromatic rings. The first-order valence-electron chi connectivity index (χ1n) is 5.43. The van der Waals surface area contributed by atoms with E-state index in [9.17, 15) is 18.0 Å². The molecule has 2 heterocycles. The number of alkyl halides is 3. The summed E-state index contributed by atoms with van der Waals surface area (Å²) in [4.78, 5) is 18.8. The second-order valence-electron chi connectivity index (χ2n) is 3.79. The fourth-order valence-corrected chi connectivity index (χ4v) is 1.59. The predicted molar refractivity (Wildman–Crippen MR) is 58.7 cm³/mol. The number of nitrogens with zero attached hydrogens (tertiary/aromatic N) is 3. The van der Waals surface area contributed by atoms with Crippen molar-refractivity contribution in [2.45, 2.75) is 20.0 Å². The standard InChI is InChI=1S/C11H10F3N3O2/c1-3-19-10(18)7-4-17-5-8(11(12,13)14)15-6(2)9(17)16-7/h4-5H,3H2,1-2H3. The smallest absolute Gasteiger partial charge is 0.434 e. The minimum absolute atomic E-state index is 0.0499. The lowest BCUT2D eigenvalue weighted by Gasteiger charge is -2.07. The number of halogens is 3. The van der Waals surface area contributed by atoms with Gasteiger partial charge in [-0.3, -0.25) is 0 Å². The maximum absolute atomic E-state index is 12.6. The lowest BCUT2D eigenvalue weighted by Crippen LogP contribution is -2.10. The Balaban J connectivity index is 2.54. The minimum atomic E-state index is -4.55. The number of imidazole rings is 1. The van der Waals surface area contributed by atoms with Crippen LogP contribution in [0.2, 0.25) is 0 Å². The van der Waals surface area contributed by atoms with Crippen molar-refractivity contribution in [3.63, 3.8) is 0 Å². The molecule has 102 valence electrons. The van der Waals surface area contributed by atoms with Crippen LogP contribution >= 0.6 is 0 Å². The summed E-state index contributed by atoms with van der Waals surface area (Å²) < 4.78 is 43.6. The molecule has 0 saturated carbocycles. The normalized spacial score (nSPS) is 11.8. The van der Waals surface area contributed by atoms with Gasteiger partial charge in [0.15, 0.2) is 17.0 Å². The Hall–Kier alpha value is -2.12. The van der Waals surface area contributed by atoms with Gasteiger partial charge in [-0.25, -0.2) is 14.8 Å². The molecule has 2 rings (SSSR count). The first kappa shape index (κ1) is 13.3. The molecule has 0 aliphatic heterocycles. The van der Waals surface area contributed by atoms with Gasteiger partial charge in [0.2, 0.25) is 0 Å². The summed E-state index contributed by atoms with van der Waals surface area (Å²) >= 11 is 0. The Bertz CT molecular complexity index is 634. The highest BCUT2D eigenvalue weighted by Crippen LogP contribution is 2.28. The first-order valence-corrected chi connectivity index (χ1v) is 5.43. The fraction of sp³-hybridized carbons (Fsp3) is 0.364. The third-order valence-corrected chi connectivity index (χ3v) is 2.38. The Morgan fingerprint density at radius 1 is 1.37 bits per heavy atom. The van der Waals surface area contributed by atoms with Gasteiger partial charge in [-0.2, -0.15) is 13.2 Å². The van der Waals surface area contributed by atoms with Crippen LogP contribution in [0.15, 0.2) is 12.4 Å². The largest absolute Gasteiger partial charge is 0.461 e. The van der Waals surface area contributed by atoms with Crippen LogP contribution in [0.5, 0.6) is 0 Å². The van der Waals surface area contributed by atoms with Crippen molar-refractivity contribution >= 4 is 11.6 Å². The van der Waals surface area contributed by atoms with E-state index >= 15 is 0 Å². The Morgan fingerprint density at radius 2 is 2.05 bits per heavy atom. The lowest BCUT2D eigenvalue weighted by molar-refractivity contribution is -0.141. The number of fused-ring (bicyclic) bond motifs is 1. The van der Waals surface area contributed by atoms with Crippen LogP contribution in [0.3, 0.4) is 0 Å². The van der Waals surface area contributed by atoms with Crippen LogP contribution in [0, 0.1) is 6.92 Å². The van der Waals surface area contributed by atoms with Crippen LogP contribution in [0.4, 0.5) is 13.2 Å². The van der Waals surface area contributed by atoms with Gasteiger partial charge < -0.3 is 9.14 Å². The number of carbonyl (C=O) groups is 1. The van der Waals surface area contributed by atoms with Crippen molar-refractivity contribution < 1.29 is 22.7 Å². The molecule has 0 bridgehead atoms. The number of esters is 1. The summed E-state index contributed by atoms with van der Waals surface area (Å²) in [5.41, 5.74) is -0.808. The zero-order valence-corrected chi connectivity index (χ0v) is 10.2. The molecule has 0 aromatic carbocycles. The molecule has 0 saturated heterocycles. The van der Waals surface area contributed by atoms with E-state index in [4.69, 9.17) is 4.74 Å². The molecule has 0 atom stereocenters. The average molecular weight is 273 g/mol. The summed E-state index contributed by atoms with van der Waals surface area (Å²) in [5.74, 6) is -0.681. The van der Waals surface area contributed by atoms with Crippen molar-refractivity contribution in [2.75, 3.05) is 6.61 Å². The average Bonchev–Trinajstić information content (AvgIpc) is 2.72. The number of ether oxygens (including phenoxy) is 1. The van der Waals surface area contributed by atoms with Crippen LogP contribution in [-0.2, 0) is 10.9 Å². The van der Waals surface area contributed by atoms with Gasteiger partial charge in [-0.05, 0) is 13.8 Å². The van der Waals surface area contributed by atoms with E-state index in [0.717, 1.165) is 10.6 Å². The third-order valence-electron chi connectivity index (χ3n) is 2.38. The molecule has 19 heavy (non-hydrogen) atoms. The fourth-order valence-electron chi connectivity index (χ4n) is 1.59. The summed E-state index contributed by atoms with van der Waals surface area (Å²) in [6.45, 7) is 3.19. The number of aromatic nitrogens is 3. The van der Waals surface area contributed by atoms with Gasteiger partial charge in [0, 0.05) is 12.4 Å². The number of aryl methyl sites for hydroxylation is 1. The van der Waals surface area contributed by atoms with Crippen molar-refractivity contribution in [3.05, 3.63) is 29.5 Å². The highest BCUT2D eigenvalue weighted by Gasteiger charge is 2.33. The van der Waals surface area contributed by atoms with Crippen molar-refractivity contribution in [1.29, 1.82) is 0 Å². The molecule has 0 N–H and O–H groups in total. The molecule has 0 amide bonds. The van der Waals surface area contributed by atoms with Gasteiger partial charge in [-0.1, -0.05) is 0 Å². The quantitative estimate of drug-likeness (QED) is 0.787. The van der Waals surface area contributed by atoms with Gasteiger partial charge in [0.05, 0.1) is 12.3 Å². The molecule has 0 aliphatic carbocycles. The summed E-state index contributed by atoms with van der Waals surface area (Å²) in [7, 11) is 0. The maximum Gasteiger partial charge on any atom is 0.434 e. The van der Waals surface area contributed by atoms with E-state index < -0.39 is 17.8 Å². The van der Waals surface area contributed by atoms with E-state index in [-0.39, 0.29) is 23.6 Å². The van der Waals surface area contributed by atoms with Crippen molar-refractivity contribution in [1.82, 2.24) is 14.4 Å². The second kappa shape index (κ2) is 4.52.